The van der Waals surface area contributed by atoms with E-state index in [4.69, 9.17) is 4.74 Å². The average molecular weight is 316 g/mol. The molecule has 0 spiro atoms. The Hall–Kier alpha value is -1.04. The lowest BCUT2D eigenvalue weighted by molar-refractivity contribution is 0.0288. The molecular formula is C12H18BrN3O2. The zero-order chi connectivity index (χ0) is 13.3. The number of rotatable bonds is 1. The van der Waals surface area contributed by atoms with E-state index < -0.39 is 5.60 Å². The summed E-state index contributed by atoms with van der Waals surface area (Å²) in [7, 11) is 0. The van der Waals surface area contributed by atoms with Crippen LogP contribution in [0.15, 0.2) is 16.9 Å². The highest BCUT2D eigenvalue weighted by atomic mass is 79.9. The van der Waals surface area contributed by atoms with Crippen LogP contribution in [0.2, 0.25) is 0 Å². The van der Waals surface area contributed by atoms with E-state index >= 15 is 0 Å². The number of amides is 1. The first-order valence-corrected chi connectivity index (χ1v) is 6.82. The third kappa shape index (κ3) is 3.25. The second-order valence-corrected chi connectivity index (χ2v) is 6.42. The van der Waals surface area contributed by atoms with E-state index in [0.29, 0.717) is 6.54 Å². The molecule has 1 aromatic rings. The summed E-state index contributed by atoms with van der Waals surface area (Å²) in [6, 6.07) is 0.240. The minimum absolute atomic E-state index is 0.240. The second-order valence-electron chi connectivity index (χ2n) is 5.51. The number of aromatic nitrogens is 2. The summed E-state index contributed by atoms with van der Waals surface area (Å²) in [6.45, 7) is 7.01. The van der Waals surface area contributed by atoms with E-state index in [1.807, 2.05) is 31.6 Å². The minimum Gasteiger partial charge on any atom is -0.444 e. The smallest absolute Gasteiger partial charge is 0.410 e. The molecule has 0 saturated carbocycles. The highest BCUT2D eigenvalue weighted by molar-refractivity contribution is 9.10. The van der Waals surface area contributed by atoms with Crippen LogP contribution in [0.4, 0.5) is 4.79 Å². The zero-order valence-electron chi connectivity index (χ0n) is 10.9. The van der Waals surface area contributed by atoms with Crippen molar-refractivity contribution < 1.29 is 9.53 Å². The van der Waals surface area contributed by atoms with E-state index in [2.05, 4.69) is 21.0 Å². The Labute approximate surface area is 115 Å². The van der Waals surface area contributed by atoms with Gasteiger partial charge in [-0.2, -0.15) is 5.10 Å². The third-order valence-corrected chi connectivity index (χ3v) is 3.17. The summed E-state index contributed by atoms with van der Waals surface area (Å²) in [5.41, 5.74) is -0.441. The molecule has 1 aliphatic rings. The first kappa shape index (κ1) is 13.4. The van der Waals surface area contributed by atoms with E-state index in [9.17, 15) is 4.79 Å². The van der Waals surface area contributed by atoms with Crippen LogP contribution < -0.4 is 0 Å². The van der Waals surface area contributed by atoms with Gasteiger partial charge in [-0.05, 0) is 43.1 Å². The van der Waals surface area contributed by atoms with E-state index in [0.717, 1.165) is 17.4 Å². The molecule has 0 radical (unpaired) electrons. The third-order valence-electron chi connectivity index (χ3n) is 2.76. The molecule has 0 aromatic carbocycles. The lowest BCUT2D eigenvalue weighted by Crippen LogP contribution is -2.35. The molecule has 0 N–H and O–H groups in total. The molecule has 0 bridgehead atoms. The highest BCUT2D eigenvalue weighted by Gasteiger charge is 2.30. The topological polar surface area (TPSA) is 47.4 Å². The fourth-order valence-electron chi connectivity index (χ4n) is 1.96. The summed E-state index contributed by atoms with van der Waals surface area (Å²) >= 11 is 3.37. The van der Waals surface area contributed by atoms with Crippen LogP contribution in [-0.4, -0.2) is 39.5 Å². The maximum Gasteiger partial charge on any atom is 0.410 e. The number of halogens is 1. The van der Waals surface area contributed by atoms with Gasteiger partial charge < -0.3 is 9.64 Å². The Balaban J connectivity index is 1.94. The van der Waals surface area contributed by atoms with Crippen LogP contribution in [0.1, 0.15) is 33.2 Å². The van der Waals surface area contributed by atoms with Crippen molar-refractivity contribution in [2.45, 2.75) is 38.8 Å². The van der Waals surface area contributed by atoms with Crippen molar-refractivity contribution in [1.29, 1.82) is 0 Å². The largest absolute Gasteiger partial charge is 0.444 e. The van der Waals surface area contributed by atoms with Gasteiger partial charge in [-0.3, -0.25) is 4.68 Å². The Bertz CT molecular complexity index is 439. The molecule has 2 rings (SSSR count). The first-order chi connectivity index (χ1) is 8.35. The predicted octanol–water partition coefficient (Wildman–Crippen LogP) is 2.83. The molecule has 0 aliphatic carbocycles. The molecule has 1 aromatic heterocycles. The Kier molecular flexibility index (Phi) is 3.66. The van der Waals surface area contributed by atoms with Gasteiger partial charge in [0.15, 0.2) is 0 Å². The van der Waals surface area contributed by atoms with Crippen LogP contribution in [0.25, 0.3) is 0 Å². The number of hydrogen-bond donors (Lipinski definition) is 0. The monoisotopic (exact) mass is 315 g/mol. The summed E-state index contributed by atoms with van der Waals surface area (Å²) < 4.78 is 8.21. The summed E-state index contributed by atoms with van der Waals surface area (Å²) in [5.74, 6) is 0. The van der Waals surface area contributed by atoms with Crippen molar-refractivity contribution in [2.24, 2.45) is 0 Å². The van der Waals surface area contributed by atoms with Crippen LogP contribution in [0, 0.1) is 0 Å². The molecule has 1 saturated heterocycles. The molecule has 5 nitrogen and oxygen atoms in total. The lowest BCUT2D eigenvalue weighted by atomic mass is 10.2. The number of nitrogens with zero attached hydrogens (tertiary/aromatic N) is 3. The molecule has 1 aliphatic heterocycles. The quantitative estimate of drug-likeness (QED) is 0.800. The van der Waals surface area contributed by atoms with Crippen molar-refractivity contribution in [3.63, 3.8) is 0 Å². The van der Waals surface area contributed by atoms with Gasteiger partial charge in [0, 0.05) is 19.3 Å². The second kappa shape index (κ2) is 4.91. The Morgan fingerprint density at radius 3 is 2.83 bits per heavy atom. The molecule has 6 heteroatoms. The van der Waals surface area contributed by atoms with Crippen LogP contribution in [0.5, 0.6) is 0 Å². The van der Waals surface area contributed by atoms with E-state index in [1.54, 1.807) is 11.1 Å². The minimum atomic E-state index is -0.441. The maximum atomic E-state index is 11.9. The van der Waals surface area contributed by atoms with Crippen LogP contribution in [-0.2, 0) is 4.74 Å². The van der Waals surface area contributed by atoms with Crippen LogP contribution in [0.3, 0.4) is 0 Å². The first-order valence-electron chi connectivity index (χ1n) is 6.03. The molecule has 1 fully saturated rings. The van der Waals surface area contributed by atoms with Gasteiger partial charge in [0.25, 0.3) is 0 Å². The number of likely N-dealkylation sites (tertiary alicyclic amines) is 1. The van der Waals surface area contributed by atoms with Gasteiger partial charge in [0.05, 0.1) is 16.7 Å². The van der Waals surface area contributed by atoms with Gasteiger partial charge in [-0.15, -0.1) is 0 Å². The molecule has 1 amide bonds. The Morgan fingerprint density at radius 1 is 1.56 bits per heavy atom. The standard InChI is InChI=1S/C12H18BrN3O2/c1-12(2,3)18-11(17)15-5-4-10(8-15)16-7-9(13)6-14-16/h6-7,10H,4-5,8H2,1-3H3/t10-/m1/s1. The number of hydrogen-bond acceptors (Lipinski definition) is 3. The molecule has 1 atom stereocenters. The average Bonchev–Trinajstić information content (AvgIpc) is 2.82. The summed E-state index contributed by atoms with van der Waals surface area (Å²) in [5, 5.41) is 4.26. The van der Waals surface area contributed by atoms with Gasteiger partial charge in [0.2, 0.25) is 0 Å². The van der Waals surface area contributed by atoms with Crippen molar-refractivity contribution in [1.82, 2.24) is 14.7 Å². The number of carbonyl (C=O) groups is 1. The Morgan fingerprint density at radius 2 is 2.28 bits per heavy atom. The maximum absolute atomic E-state index is 11.9. The van der Waals surface area contributed by atoms with E-state index in [-0.39, 0.29) is 12.1 Å². The van der Waals surface area contributed by atoms with Gasteiger partial charge in [0.1, 0.15) is 5.60 Å². The molecule has 100 valence electrons. The summed E-state index contributed by atoms with van der Waals surface area (Å²) in [6.07, 6.45) is 4.36. The number of carbonyl (C=O) groups excluding carboxylic acids is 1. The van der Waals surface area contributed by atoms with Crippen LogP contribution >= 0.6 is 15.9 Å². The molecule has 18 heavy (non-hydrogen) atoms. The van der Waals surface area contributed by atoms with Gasteiger partial charge >= 0.3 is 6.09 Å². The van der Waals surface area contributed by atoms with E-state index in [1.165, 1.54) is 0 Å². The normalized spacial score (nSPS) is 20.2. The van der Waals surface area contributed by atoms with Crippen molar-refractivity contribution in [2.75, 3.05) is 13.1 Å². The molecule has 2 heterocycles. The van der Waals surface area contributed by atoms with Crippen molar-refractivity contribution in [3.8, 4) is 0 Å². The number of ether oxygens (including phenoxy) is 1. The van der Waals surface area contributed by atoms with Gasteiger partial charge in [-0.25, -0.2) is 4.79 Å². The lowest BCUT2D eigenvalue weighted by Gasteiger charge is -2.24. The fraction of sp³-hybridized carbons (Fsp3) is 0.667. The zero-order valence-corrected chi connectivity index (χ0v) is 12.5. The van der Waals surface area contributed by atoms with Crippen molar-refractivity contribution >= 4 is 22.0 Å². The van der Waals surface area contributed by atoms with Gasteiger partial charge in [-0.1, -0.05) is 0 Å². The highest BCUT2D eigenvalue weighted by Crippen LogP contribution is 2.24. The predicted molar refractivity (Wildman–Crippen MR) is 71.4 cm³/mol. The summed E-state index contributed by atoms with van der Waals surface area (Å²) in [4.78, 5) is 13.6. The SMILES string of the molecule is CC(C)(C)OC(=O)N1CC[C@@H](n2cc(Br)cn2)C1. The van der Waals surface area contributed by atoms with Crippen molar-refractivity contribution in [3.05, 3.63) is 16.9 Å². The molecule has 0 unspecified atom stereocenters. The molecular weight excluding hydrogens is 298 g/mol. The fourth-order valence-corrected chi connectivity index (χ4v) is 2.27.